The highest BCUT2D eigenvalue weighted by atomic mass is 31.2. The Morgan fingerprint density at radius 3 is 1.86 bits per heavy atom. The van der Waals surface area contributed by atoms with Crippen molar-refractivity contribution in [2.75, 3.05) is 0 Å². The van der Waals surface area contributed by atoms with Crippen LogP contribution in [-0.2, 0) is 20.9 Å². The molecule has 1 aliphatic carbocycles. The van der Waals surface area contributed by atoms with E-state index in [0.29, 0.717) is 0 Å². The van der Waals surface area contributed by atoms with E-state index in [-0.39, 0.29) is 16.4 Å². The Balaban J connectivity index is 1.72. The van der Waals surface area contributed by atoms with E-state index in [1.165, 1.54) is 38.9 Å². The van der Waals surface area contributed by atoms with Gasteiger partial charge in [0.1, 0.15) is 0 Å². The second kappa shape index (κ2) is 9.38. The van der Waals surface area contributed by atoms with Gasteiger partial charge in [-0.05, 0) is 29.3 Å². The molecule has 5 aromatic rings. The maximum atomic E-state index is 16.0. The number of hydrogen-bond acceptors (Lipinski definition) is 1. The van der Waals surface area contributed by atoms with E-state index in [4.69, 9.17) is 6.58 Å². The number of pyridine rings is 1. The lowest BCUT2D eigenvalue weighted by Crippen LogP contribution is -2.63. The van der Waals surface area contributed by atoms with Crippen molar-refractivity contribution >= 4 is 39.5 Å². The summed E-state index contributed by atoms with van der Waals surface area (Å²) in [5.41, 5.74) is 7.81. The fourth-order valence-corrected chi connectivity index (χ4v) is 11.2. The van der Waals surface area contributed by atoms with Gasteiger partial charge in [0.15, 0.2) is 12.7 Å². The molecule has 0 saturated carbocycles. The first-order valence-corrected chi connectivity index (χ1v) is 17.3. The molecule has 1 aliphatic heterocycles. The van der Waals surface area contributed by atoms with Gasteiger partial charge in [0.2, 0.25) is 11.2 Å². The number of hydrogen-bond donors (Lipinski definition) is 0. The molecule has 0 atom stereocenters. The predicted molar refractivity (Wildman–Crippen MR) is 183 cm³/mol. The molecule has 0 saturated heterocycles. The van der Waals surface area contributed by atoms with Crippen LogP contribution in [0.4, 0.5) is 0 Å². The number of aromatic nitrogens is 1. The Kier molecular flexibility index (Phi) is 6.12. The summed E-state index contributed by atoms with van der Waals surface area (Å²) in [6.45, 7) is 18.9. The maximum Gasteiger partial charge on any atom is 0.218 e. The average Bonchev–Trinajstić information content (AvgIpc) is 3.04. The minimum Gasteiger partial charge on any atom is -0.309 e. The van der Waals surface area contributed by atoms with Crippen LogP contribution in [0.25, 0.3) is 27.7 Å². The van der Waals surface area contributed by atoms with Crippen LogP contribution >= 0.6 is 7.14 Å². The van der Waals surface area contributed by atoms with Crippen LogP contribution < -0.4 is 20.5 Å². The van der Waals surface area contributed by atoms with Crippen LogP contribution in [0, 0.1) is 0 Å². The largest absolute Gasteiger partial charge is 0.309 e. The molecule has 2 nitrogen and oxygen atoms in total. The first-order valence-electron chi connectivity index (χ1n) is 15.6. The van der Waals surface area contributed by atoms with Gasteiger partial charge in [-0.25, -0.2) is 0 Å². The van der Waals surface area contributed by atoms with Gasteiger partial charge in [-0.3, -0.25) is 0 Å². The second-order valence-electron chi connectivity index (χ2n) is 13.4. The number of para-hydroxylation sites is 1. The van der Waals surface area contributed by atoms with E-state index in [0.717, 1.165) is 34.3 Å². The first-order chi connectivity index (χ1) is 20.6. The molecular formula is C40H41NOP+. The van der Waals surface area contributed by atoms with Crippen molar-refractivity contribution in [2.24, 2.45) is 0 Å². The maximum absolute atomic E-state index is 16.0. The van der Waals surface area contributed by atoms with E-state index in [1.54, 1.807) is 0 Å². The van der Waals surface area contributed by atoms with Crippen molar-refractivity contribution in [3.8, 4) is 11.3 Å². The van der Waals surface area contributed by atoms with Gasteiger partial charge in [0.05, 0.1) is 5.56 Å². The van der Waals surface area contributed by atoms with Crippen LogP contribution in [0.3, 0.4) is 0 Å². The number of fused-ring (bicyclic) bond motifs is 2. The lowest BCUT2D eigenvalue weighted by atomic mass is 9.54. The highest BCUT2D eigenvalue weighted by Gasteiger charge is 2.58. The summed E-state index contributed by atoms with van der Waals surface area (Å²) < 4.78 is 18.6. The van der Waals surface area contributed by atoms with E-state index in [1.807, 2.05) is 60.7 Å². The van der Waals surface area contributed by atoms with Crippen molar-refractivity contribution in [1.29, 1.82) is 0 Å². The van der Waals surface area contributed by atoms with Crippen LogP contribution in [0.2, 0.25) is 0 Å². The normalized spacial score (nSPS) is 17.5. The van der Waals surface area contributed by atoms with Gasteiger partial charge in [0.25, 0.3) is 0 Å². The predicted octanol–water partition coefficient (Wildman–Crippen LogP) is 8.54. The van der Waals surface area contributed by atoms with Crippen molar-refractivity contribution in [3.05, 3.63) is 126 Å². The van der Waals surface area contributed by atoms with Gasteiger partial charge in [-0.1, -0.05) is 127 Å². The lowest BCUT2D eigenvalue weighted by molar-refractivity contribution is -0.718. The zero-order valence-corrected chi connectivity index (χ0v) is 27.1. The topological polar surface area (TPSA) is 20.9 Å². The molecule has 0 amide bonds. The van der Waals surface area contributed by atoms with Gasteiger partial charge < -0.3 is 4.57 Å². The highest BCUT2D eigenvalue weighted by Crippen LogP contribution is 2.60. The molecule has 1 aromatic heterocycles. The highest BCUT2D eigenvalue weighted by molar-refractivity contribution is 7.85. The van der Waals surface area contributed by atoms with Gasteiger partial charge in [-0.15, -0.1) is 0 Å². The molecule has 4 aromatic carbocycles. The van der Waals surface area contributed by atoms with Crippen LogP contribution in [0.1, 0.15) is 71.1 Å². The smallest absolute Gasteiger partial charge is 0.218 e. The molecule has 0 N–H and O–H groups in total. The van der Waals surface area contributed by atoms with Gasteiger partial charge >= 0.3 is 0 Å². The van der Waals surface area contributed by atoms with Crippen LogP contribution in [0.5, 0.6) is 0 Å². The SMILES string of the molecule is C=C1c2ccc(P(=O)(c3ccccc3)c3ccccc3)c3c2-c2c(cc4ccccc4[n+]2C1(CC)CC)C(C)(C)C3(C)C. The van der Waals surface area contributed by atoms with Crippen LogP contribution in [0.15, 0.2) is 110 Å². The van der Waals surface area contributed by atoms with Gasteiger partial charge in [0, 0.05) is 62.2 Å². The minimum absolute atomic E-state index is 0.251. The standard InChI is InChI=1S/C40H41NOP/c1-8-40(9-2)27(3)31-24-25-34(43(42,29-19-12-10-13-20-29)30-21-14-11-15-22-30)36-35(31)37-32(38(4,5)39(36,6)7)26-28-18-16-17-23-33(28)41(37)40/h10-26H,3,8-9H2,1-2,4-7H3/q+1. The fraction of sp³-hybridized carbons (Fsp3) is 0.275. The molecule has 0 spiro atoms. The molecule has 2 heterocycles. The first kappa shape index (κ1) is 28.1. The third-order valence-electron chi connectivity index (χ3n) is 11.3. The number of nitrogens with zero attached hydrogens (tertiary/aromatic N) is 1. The summed E-state index contributed by atoms with van der Waals surface area (Å²) >= 11 is 0. The van der Waals surface area contributed by atoms with Crippen molar-refractivity contribution in [3.63, 3.8) is 0 Å². The quantitative estimate of drug-likeness (QED) is 0.150. The monoisotopic (exact) mass is 582 g/mol. The van der Waals surface area contributed by atoms with Crippen molar-refractivity contribution < 1.29 is 9.13 Å². The summed E-state index contributed by atoms with van der Waals surface area (Å²) in [6.07, 6.45) is 1.89. The Hall–Kier alpha value is -3.74. The lowest BCUT2D eigenvalue weighted by Gasteiger charge is -2.51. The molecule has 216 valence electrons. The van der Waals surface area contributed by atoms with E-state index >= 15 is 4.57 Å². The molecule has 0 bridgehead atoms. The molecule has 43 heavy (non-hydrogen) atoms. The number of rotatable bonds is 5. The van der Waals surface area contributed by atoms with Gasteiger partial charge in [-0.2, -0.15) is 4.57 Å². The Morgan fingerprint density at radius 1 is 0.721 bits per heavy atom. The van der Waals surface area contributed by atoms with E-state index in [9.17, 15) is 0 Å². The Labute approximate surface area is 256 Å². The Morgan fingerprint density at radius 2 is 1.28 bits per heavy atom. The molecule has 0 unspecified atom stereocenters. The number of benzene rings is 4. The summed E-state index contributed by atoms with van der Waals surface area (Å²) in [5.74, 6) is 0. The van der Waals surface area contributed by atoms with Crippen LogP contribution in [-0.4, -0.2) is 0 Å². The Bertz CT molecular complexity index is 1940. The minimum atomic E-state index is -3.25. The summed E-state index contributed by atoms with van der Waals surface area (Å²) in [7, 11) is -3.25. The second-order valence-corrected chi connectivity index (χ2v) is 16.2. The molecule has 0 fully saturated rings. The number of allylic oxidation sites excluding steroid dienone is 1. The summed E-state index contributed by atoms with van der Waals surface area (Å²) in [6, 6.07) is 35.9. The zero-order chi connectivity index (χ0) is 30.4. The summed E-state index contributed by atoms with van der Waals surface area (Å²) in [4.78, 5) is 0. The third kappa shape index (κ3) is 3.42. The molecule has 2 aliphatic rings. The molecule has 7 rings (SSSR count). The van der Waals surface area contributed by atoms with E-state index in [2.05, 4.69) is 88.6 Å². The molecule has 3 heteroatoms. The van der Waals surface area contributed by atoms with Crippen molar-refractivity contribution in [2.45, 2.75) is 70.8 Å². The average molecular weight is 583 g/mol. The molecule has 0 radical (unpaired) electrons. The molecular weight excluding hydrogens is 541 g/mol. The zero-order valence-electron chi connectivity index (χ0n) is 26.2. The fourth-order valence-electron chi connectivity index (χ4n) is 8.16. The van der Waals surface area contributed by atoms with Crippen molar-refractivity contribution in [1.82, 2.24) is 0 Å². The van der Waals surface area contributed by atoms with E-state index < -0.39 is 7.14 Å². The third-order valence-corrected chi connectivity index (χ3v) is 14.4. The summed E-state index contributed by atoms with van der Waals surface area (Å²) in [5, 5.41) is 3.94.